The molecule has 0 aliphatic heterocycles. The van der Waals surface area contributed by atoms with E-state index in [4.69, 9.17) is 23.1 Å². The molecule has 2 aromatic heterocycles. The third kappa shape index (κ3) is 3.98. The Hall–Kier alpha value is -2.60. The topological polar surface area (TPSA) is 111 Å². The SMILES string of the molecule is C=c1[nH]nc/c1=C(/C=C\C)c1cc(Cl)nc(C(N)=O)c1N.CC. The van der Waals surface area contributed by atoms with Gasteiger partial charge in [-0.2, -0.15) is 5.10 Å². The number of hydrogen-bond donors (Lipinski definition) is 3. The van der Waals surface area contributed by atoms with E-state index in [1.54, 1.807) is 12.3 Å². The Morgan fingerprint density at radius 1 is 1.43 bits per heavy atom. The molecule has 2 rings (SSSR count). The summed E-state index contributed by atoms with van der Waals surface area (Å²) >= 11 is 5.96. The minimum Gasteiger partial charge on any atom is -0.396 e. The number of primary amides is 1. The van der Waals surface area contributed by atoms with Crippen molar-refractivity contribution in [1.82, 2.24) is 15.2 Å². The lowest BCUT2D eigenvalue weighted by Gasteiger charge is -2.10. The molecule has 122 valence electrons. The van der Waals surface area contributed by atoms with Crippen LogP contribution in [0.5, 0.6) is 0 Å². The van der Waals surface area contributed by atoms with Crippen LogP contribution in [0.25, 0.3) is 12.2 Å². The number of aromatic nitrogens is 3. The van der Waals surface area contributed by atoms with Gasteiger partial charge < -0.3 is 11.5 Å². The second kappa shape index (κ2) is 8.14. The number of pyridine rings is 1. The predicted molar refractivity (Wildman–Crippen MR) is 94.2 cm³/mol. The van der Waals surface area contributed by atoms with Crippen molar-refractivity contribution in [2.75, 3.05) is 5.73 Å². The number of nitrogen functional groups attached to an aromatic ring is 1. The van der Waals surface area contributed by atoms with Crippen molar-refractivity contribution in [2.24, 2.45) is 5.73 Å². The number of halogens is 1. The zero-order valence-corrected chi connectivity index (χ0v) is 14.1. The highest BCUT2D eigenvalue weighted by Gasteiger charge is 2.16. The monoisotopic (exact) mass is 333 g/mol. The summed E-state index contributed by atoms with van der Waals surface area (Å²) < 4.78 is 0. The zero-order valence-electron chi connectivity index (χ0n) is 13.4. The Labute approximate surface area is 139 Å². The molecular formula is C16H20ClN5O. The molecule has 0 unspecified atom stereocenters. The second-order valence-electron chi connectivity index (χ2n) is 4.29. The highest BCUT2D eigenvalue weighted by Crippen LogP contribution is 2.26. The van der Waals surface area contributed by atoms with Gasteiger partial charge in [-0.3, -0.25) is 9.89 Å². The quantitative estimate of drug-likeness (QED) is 0.736. The Bertz CT molecular complexity index is 839. The van der Waals surface area contributed by atoms with Crippen LogP contribution in [0.1, 0.15) is 36.8 Å². The fourth-order valence-electron chi connectivity index (χ4n) is 1.97. The summed E-state index contributed by atoms with van der Waals surface area (Å²) in [6.07, 6.45) is 5.28. The Balaban J connectivity index is 0.00000127. The summed E-state index contributed by atoms with van der Waals surface area (Å²) in [6.45, 7) is 9.72. The molecule has 0 fully saturated rings. The van der Waals surface area contributed by atoms with Gasteiger partial charge in [-0.05, 0) is 18.6 Å². The lowest BCUT2D eigenvalue weighted by atomic mass is 10.0. The lowest BCUT2D eigenvalue weighted by Crippen LogP contribution is -2.24. The molecule has 6 nitrogen and oxygen atoms in total. The van der Waals surface area contributed by atoms with Crippen LogP contribution in [-0.4, -0.2) is 21.1 Å². The number of H-pyrrole nitrogens is 1. The van der Waals surface area contributed by atoms with Crippen molar-refractivity contribution in [3.05, 3.63) is 51.4 Å². The van der Waals surface area contributed by atoms with Crippen molar-refractivity contribution < 1.29 is 4.79 Å². The van der Waals surface area contributed by atoms with E-state index in [1.165, 1.54) is 0 Å². The summed E-state index contributed by atoms with van der Waals surface area (Å²) in [6, 6.07) is 1.57. The standard InChI is InChI=1S/C14H14ClN5O.C2H6/c1-3-4-8(10-6-18-20-7(10)2)9-5-11(15)19-13(12(9)16)14(17)21;1-2/h3-6,20H,2,16H2,1H3,(H2,17,21);1-2H3/b4-3-,10-8+;. The molecule has 0 saturated carbocycles. The van der Waals surface area contributed by atoms with Crippen LogP contribution in [0.2, 0.25) is 5.15 Å². The molecule has 0 aliphatic rings. The van der Waals surface area contributed by atoms with Gasteiger partial charge in [0.25, 0.3) is 5.91 Å². The maximum absolute atomic E-state index is 11.4. The van der Waals surface area contributed by atoms with E-state index in [1.807, 2.05) is 32.9 Å². The summed E-state index contributed by atoms with van der Waals surface area (Å²) in [5.41, 5.74) is 12.7. The average Bonchev–Trinajstić information content (AvgIpc) is 2.95. The van der Waals surface area contributed by atoms with Crippen molar-refractivity contribution in [3.63, 3.8) is 0 Å². The molecule has 0 aliphatic carbocycles. The van der Waals surface area contributed by atoms with Crippen LogP contribution in [0.4, 0.5) is 5.69 Å². The summed E-state index contributed by atoms with van der Waals surface area (Å²) in [7, 11) is 0. The number of nitrogens with two attached hydrogens (primary N) is 2. The Kier molecular flexibility index (Phi) is 6.53. The van der Waals surface area contributed by atoms with Gasteiger partial charge >= 0.3 is 0 Å². The highest BCUT2D eigenvalue weighted by molar-refractivity contribution is 6.30. The molecule has 0 saturated heterocycles. The van der Waals surface area contributed by atoms with Crippen molar-refractivity contribution in [1.29, 1.82) is 0 Å². The van der Waals surface area contributed by atoms with Gasteiger partial charge in [-0.1, -0.05) is 44.2 Å². The third-order valence-electron chi connectivity index (χ3n) is 2.89. The smallest absolute Gasteiger partial charge is 0.269 e. The van der Waals surface area contributed by atoms with E-state index in [-0.39, 0.29) is 16.5 Å². The number of allylic oxidation sites excluding steroid dienone is 2. The molecular weight excluding hydrogens is 314 g/mol. The van der Waals surface area contributed by atoms with Crippen LogP contribution in [-0.2, 0) is 0 Å². The van der Waals surface area contributed by atoms with Crippen molar-refractivity contribution in [2.45, 2.75) is 20.8 Å². The van der Waals surface area contributed by atoms with Crippen molar-refractivity contribution in [3.8, 4) is 0 Å². The third-order valence-corrected chi connectivity index (χ3v) is 3.09. The molecule has 7 heteroatoms. The number of aromatic amines is 1. The predicted octanol–water partition coefficient (Wildman–Crippen LogP) is 1.35. The Morgan fingerprint density at radius 2 is 2.09 bits per heavy atom. The summed E-state index contributed by atoms with van der Waals surface area (Å²) in [5, 5.41) is 8.19. The first kappa shape index (κ1) is 18.4. The molecule has 1 amide bonds. The number of carbonyl (C=O) groups is 1. The van der Waals surface area contributed by atoms with Gasteiger partial charge in [0, 0.05) is 10.8 Å². The first-order valence-corrected chi connectivity index (χ1v) is 7.45. The minimum atomic E-state index is -0.738. The fraction of sp³-hybridized carbons (Fsp3) is 0.188. The van der Waals surface area contributed by atoms with E-state index < -0.39 is 5.91 Å². The lowest BCUT2D eigenvalue weighted by molar-refractivity contribution is 0.0996. The zero-order chi connectivity index (χ0) is 17.6. The van der Waals surface area contributed by atoms with Crippen LogP contribution in [0.3, 0.4) is 0 Å². The maximum Gasteiger partial charge on any atom is 0.269 e. The molecule has 0 spiro atoms. The van der Waals surface area contributed by atoms with Gasteiger partial charge in [0.15, 0.2) is 5.69 Å². The second-order valence-corrected chi connectivity index (χ2v) is 4.68. The molecule has 2 heterocycles. The number of hydrogen-bond acceptors (Lipinski definition) is 4. The average molecular weight is 334 g/mol. The molecule has 0 bridgehead atoms. The van der Waals surface area contributed by atoms with E-state index in [2.05, 4.69) is 21.8 Å². The van der Waals surface area contributed by atoms with Gasteiger partial charge in [-0.25, -0.2) is 4.98 Å². The molecule has 0 aromatic carbocycles. The first-order valence-electron chi connectivity index (χ1n) is 7.07. The van der Waals surface area contributed by atoms with Crippen LogP contribution < -0.4 is 22.0 Å². The van der Waals surface area contributed by atoms with E-state index >= 15 is 0 Å². The number of carbonyl (C=O) groups excluding carboxylic acids is 1. The molecule has 2 aromatic rings. The Morgan fingerprint density at radius 3 is 2.57 bits per heavy atom. The van der Waals surface area contributed by atoms with Crippen molar-refractivity contribution >= 4 is 35.3 Å². The van der Waals surface area contributed by atoms with E-state index in [9.17, 15) is 4.79 Å². The molecule has 5 N–H and O–H groups in total. The number of nitrogens with zero attached hydrogens (tertiary/aromatic N) is 2. The maximum atomic E-state index is 11.4. The van der Waals surface area contributed by atoms with Gasteiger partial charge in [0.05, 0.1) is 17.2 Å². The molecule has 0 radical (unpaired) electrons. The van der Waals surface area contributed by atoms with E-state index in [0.29, 0.717) is 10.9 Å². The number of nitrogens with one attached hydrogen (secondary N) is 1. The van der Waals surface area contributed by atoms with Gasteiger partial charge in [0.2, 0.25) is 0 Å². The molecule has 23 heavy (non-hydrogen) atoms. The normalized spacial score (nSPS) is 11.8. The summed E-state index contributed by atoms with van der Waals surface area (Å²) in [4.78, 5) is 15.3. The fourth-order valence-corrected chi connectivity index (χ4v) is 2.16. The number of anilines is 1. The highest BCUT2D eigenvalue weighted by atomic mass is 35.5. The van der Waals surface area contributed by atoms with Crippen LogP contribution in [0, 0.1) is 0 Å². The number of amides is 1. The number of rotatable bonds is 3. The van der Waals surface area contributed by atoms with E-state index in [0.717, 1.165) is 10.8 Å². The van der Waals surface area contributed by atoms with Crippen LogP contribution in [0.15, 0.2) is 24.4 Å². The van der Waals surface area contributed by atoms with Gasteiger partial charge in [0.1, 0.15) is 5.15 Å². The molecule has 0 atom stereocenters. The minimum absolute atomic E-state index is 0.0615. The van der Waals surface area contributed by atoms with Crippen LogP contribution >= 0.6 is 11.6 Å². The summed E-state index contributed by atoms with van der Waals surface area (Å²) in [5.74, 6) is -0.738. The first-order chi connectivity index (χ1) is 11.0. The largest absolute Gasteiger partial charge is 0.396 e. The van der Waals surface area contributed by atoms with Gasteiger partial charge in [-0.15, -0.1) is 0 Å².